The maximum Gasteiger partial charge on any atom is 0.230 e. The van der Waals surface area contributed by atoms with Crippen molar-refractivity contribution in [3.05, 3.63) is 29.8 Å². The molecule has 0 spiro atoms. The van der Waals surface area contributed by atoms with Gasteiger partial charge in [0.05, 0.1) is 11.0 Å². The second-order valence-corrected chi connectivity index (χ2v) is 3.82. The van der Waals surface area contributed by atoms with Crippen LogP contribution >= 0.6 is 0 Å². The van der Waals surface area contributed by atoms with Gasteiger partial charge in [0.2, 0.25) is 5.95 Å². The smallest absolute Gasteiger partial charge is 0.230 e. The van der Waals surface area contributed by atoms with E-state index in [1.165, 1.54) is 4.57 Å². The number of benzene rings is 1. The molecule has 1 aromatic heterocycles. The number of nitrogens with two attached hydrogens (primary N) is 1. The molecule has 0 fully saturated rings. The van der Waals surface area contributed by atoms with Crippen LogP contribution < -0.4 is 11.2 Å². The highest BCUT2D eigenvalue weighted by Crippen LogP contribution is 2.27. The van der Waals surface area contributed by atoms with Crippen LogP contribution in [0, 0.1) is 22.7 Å². The van der Waals surface area contributed by atoms with E-state index in [9.17, 15) is 5.26 Å². The van der Waals surface area contributed by atoms with E-state index in [0.29, 0.717) is 17.0 Å². The molecule has 3 rings (SSSR count). The lowest BCUT2D eigenvalue weighted by molar-refractivity contribution is 1.11. The first-order valence-electron chi connectivity index (χ1n) is 5.38. The van der Waals surface area contributed by atoms with Gasteiger partial charge in [-0.3, -0.25) is 4.57 Å². The number of rotatable bonds is 0. The third-order valence-corrected chi connectivity index (χ3v) is 2.77. The van der Waals surface area contributed by atoms with Crippen LogP contribution in [-0.2, 0) is 0 Å². The Bertz CT molecular complexity index is 826. The number of amidine groups is 1. The van der Waals surface area contributed by atoms with E-state index in [1.807, 2.05) is 30.3 Å². The molecule has 0 saturated carbocycles. The zero-order chi connectivity index (χ0) is 13.4. The molecule has 0 unspecified atom stereocenters. The minimum atomic E-state index is -0.0337. The van der Waals surface area contributed by atoms with Gasteiger partial charge in [-0.25, -0.2) is 10.4 Å². The standard InChI is InChI=1S/C12H7N7/c13-5-7-10(6-14)19-9-4-2-1-3-8(9)16-12(19)18-17-11(7)15/h1-4H,(H2,15,17)(H,16,18). The van der Waals surface area contributed by atoms with Crippen molar-refractivity contribution < 1.29 is 0 Å². The first-order chi connectivity index (χ1) is 9.26. The Labute approximate surface area is 107 Å². The van der Waals surface area contributed by atoms with Crippen molar-refractivity contribution in [2.45, 2.75) is 0 Å². The van der Waals surface area contributed by atoms with Gasteiger partial charge in [-0.05, 0) is 12.1 Å². The zero-order valence-corrected chi connectivity index (χ0v) is 9.62. The highest BCUT2D eigenvalue weighted by Gasteiger charge is 2.22. The minimum absolute atomic E-state index is 0.0249. The van der Waals surface area contributed by atoms with Crippen molar-refractivity contribution in [2.24, 2.45) is 10.8 Å². The number of nitrogens with one attached hydrogen (secondary N) is 1. The number of para-hydroxylation sites is 2. The van der Waals surface area contributed by atoms with Gasteiger partial charge in [0.25, 0.3) is 0 Å². The normalized spacial score (nSPS) is 13.9. The van der Waals surface area contributed by atoms with E-state index in [-0.39, 0.29) is 17.1 Å². The summed E-state index contributed by atoms with van der Waals surface area (Å²) in [5.74, 6) is 0.319. The van der Waals surface area contributed by atoms with E-state index < -0.39 is 0 Å². The minimum Gasteiger partial charge on any atom is -0.381 e. The summed E-state index contributed by atoms with van der Waals surface area (Å²) in [6.07, 6.45) is 0. The summed E-state index contributed by atoms with van der Waals surface area (Å²) in [5, 5.41) is 22.3. The highest BCUT2D eigenvalue weighted by atomic mass is 15.4. The maximum atomic E-state index is 9.31. The van der Waals surface area contributed by atoms with Gasteiger partial charge in [-0.2, -0.15) is 15.6 Å². The molecule has 3 N–H and O–H groups in total. The summed E-state index contributed by atoms with van der Waals surface area (Å²) in [7, 11) is 0. The second kappa shape index (κ2) is 3.86. The molecular weight excluding hydrogens is 242 g/mol. The highest BCUT2D eigenvalue weighted by molar-refractivity contribution is 6.09. The number of anilines is 1. The lowest BCUT2D eigenvalue weighted by atomic mass is 10.2. The van der Waals surface area contributed by atoms with Gasteiger partial charge < -0.3 is 5.73 Å². The van der Waals surface area contributed by atoms with Crippen molar-refractivity contribution in [3.63, 3.8) is 0 Å². The largest absolute Gasteiger partial charge is 0.381 e. The van der Waals surface area contributed by atoms with Crippen molar-refractivity contribution in [1.29, 1.82) is 10.5 Å². The molecule has 2 aromatic rings. The number of aromatic nitrogens is 2. The number of imidazole rings is 1. The Morgan fingerprint density at radius 3 is 2.74 bits per heavy atom. The molecular formula is C12H7N7. The van der Waals surface area contributed by atoms with Crippen LogP contribution in [0.2, 0.25) is 0 Å². The van der Waals surface area contributed by atoms with Gasteiger partial charge in [0.1, 0.15) is 23.4 Å². The van der Waals surface area contributed by atoms with Gasteiger partial charge >= 0.3 is 0 Å². The fourth-order valence-electron chi connectivity index (χ4n) is 1.94. The summed E-state index contributed by atoms with van der Waals surface area (Å²) in [6, 6.07) is 11.2. The lowest BCUT2D eigenvalue weighted by Gasteiger charge is -2.04. The molecule has 0 bridgehead atoms. The first kappa shape index (κ1) is 10.8. The molecule has 90 valence electrons. The summed E-state index contributed by atoms with van der Waals surface area (Å²) in [4.78, 5) is 4.31. The van der Waals surface area contributed by atoms with Crippen LogP contribution in [0.15, 0.2) is 34.9 Å². The van der Waals surface area contributed by atoms with Crippen LogP contribution in [-0.4, -0.2) is 15.4 Å². The average molecular weight is 249 g/mol. The van der Waals surface area contributed by atoms with Crippen molar-refractivity contribution >= 4 is 28.5 Å². The predicted octanol–water partition coefficient (Wildman–Crippen LogP) is 0.992. The fourth-order valence-corrected chi connectivity index (χ4v) is 1.94. The number of hydrogen-bond acceptors (Lipinski definition) is 6. The molecule has 7 heteroatoms. The number of fused-ring (bicyclic) bond motifs is 3. The third kappa shape index (κ3) is 1.43. The van der Waals surface area contributed by atoms with E-state index in [1.54, 1.807) is 6.07 Å². The Kier molecular flexibility index (Phi) is 2.20. The van der Waals surface area contributed by atoms with Crippen LogP contribution in [0.1, 0.15) is 0 Å². The molecule has 1 aliphatic rings. The number of nitriles is 2. The third-order valence-electron chi connectivity index (χ3n) is 2.77. The van der Waals surface area contributed by atoms with Crippen molar-refractivity contribution in [1.82, 2.24) is 9.55 Å². The van der Waals surface area contributed by atoms with Gasteiger partial charge in [-0.15, -0.1) is 0 Å². The molecule has 0 saturated heterocycles. The number of hydrogen-bond donors (Lipinski definition) is 2. The molecule has 0 amide bonds. The molecule has 1 aliphatic heterocycles. The molecule has 19 heavy (non-hydrogen) atoms. The summed E-state index contributed by atoms with van der Waals surface area (Å²) in [6.45, 7) is 0. The Balaban J connectivity index is 2.45. The summed E-state index contributed by atoms with van der Waals surface area (Å²) >= 11 is 0. The number of hydrazone groups is 1. The quantitative estimate of drug-likeness (QED) is 0.722. The monoisotopic (exact) mass is 249 g/mol. The molecule has 0 atom stereocenters. The first-order valence-corrected chi connectivity index (χ1v) is 5.38. The molecule has 1 aromatic carbocycles. The van der Waals surface area contributed by atoms with Gasteiger partial charge in [0.15, 0.2) is 5.84 Å². The molecule has 7 nitrogen and oxygen atoms in total. The Hall–Kier alpha value is -3.32. The SMILES string of the molecule is N#CC1=C(C#N)n2c(nc3ccccc32)NN=C1N. The fraction of sp³-hybridized carbons (Fsp3) is 0. The Morgan fingerprint density at radius 2 is 2.00 bits per heavy atom. The number of allylic oxidation sites excluding steroid dienone is 1. The van der Waals surface area contributed by atoms with E-state index in [0.717, 1.165) is 0 Å². The van der Waals surface area contributed by atoms with Crippen LogP contribution in [0.25, 0.3) is 16.7 Å². The molecule has 2 heterocycles. The van der Waals surface area contributed by atoms with E-state index in [4.69, 9.17) is 11.0 Å². The van der Waals surface area contributed by atoms with Crippen LogP contribution in [0.4, 0.5) is 5.95 Å². The van der Waals surface area contributed by atoms with Crippen molar-refractivity contribution in [2.75, 3.05) is 5.43 Å². The molecule has 0 radical (unpaired) electrons. The lowest BCUT2D eigenvalue weighted by Crippen LogP contribution is -2.16. The van der Waals surface area contributed by atoms with E-state index in [2.05, 4.69) is 15.5 Å². The van der Waals surface area contributed by atoms with Gasteiger partial charge in [0, 0.05) is 0 Å². The number of nitrogens with zero attached hydrogens (tertiary/aromatic N) is 5. The predicted molar refractivity (Wildman–Crippen MR) is 69.4 cm³/mol. The molecule has 0 aliphatic carbocycles. The topological polar surface area (TPSA) is 116 Å². The second-order valence-electron chi connectivity index (χ2n) is 3.82. The Morgan fingerprint density at radius 1 is 1.21 bits per heavy atom. The summed E-state index contributed by atoms with van der Waals surface area (Å²) < 4.78 is 1.54. The van der Waals surface area contributed by atoms with Crippen molar-refractivity contribution in [3.8, 4) is 12.1 Å². The summed E-state index contributed by atoms with van der Waals surface area (Å²) in [5.41, 5.74) is 9.86. The average Bonchev–Trinajstić information content (AvgIpc) is 2.74. The maximum absolute atomic E-state index is 9.31. The van der Waals surface area contributed by atoms with Crippen LogP contribution in [0.3, 0.4) is 0 Å². The zero-order valence-electron chi connectivity index (χ0n) is 9.62. The van der Waals surface area contributed by atoms with Crippen LogP contribution in [0.5, 0.6) is 0 Å². The van der Waals surface area contributed by atoms with Gasteiger partial charge in [-0.1, -0.05) is 12.1 Å². The van der Waals surface area contributed by atoms with E-state index >= 15 is 0 Å².